The first-order chi connectivity index (χ1) is 13.7. The Bertz CT molecular complexity index is 941. The Morgan fingerprint density at radius 2 is 1.72 bits per heavy atom. The summed E-state index contributed by atoms with van der Waals surface area (Å²) in [6, 6.07) is 3.35. The molecule has 0 unspecified atom stereocenters. The first-order valence-electron chi connectivity index (χ1n) is 9.75. The van der Waals surface area contributed by atoms with Gasteiger partial charge >= 0.3 is 0 Å². The maximum Gasteiger partial charge on any atom is 0.243 e. The Morgan fingerprint density at radius 1 is 1.07 bits per heavy atom. The van der Waals surface area contributed by atoms with Gasteiger partial charge in [-0.15, -0.1) is 0 Å². The number of likely N-dealkylation sites (tertiary alicyclic amines) is 1. The molecule has 2 saturated heterocycles. The molecular weight excluding hydrogens is 421 g/mol. The van der Waals surface area contributed by atoms with Gasteiger partial charge in [0.25, 0.3) is 0 Å². The van der Waals surface area contributed by atoms with Crippen molar-refractivity contribution < 1.29 is 22.4 Å². The summed E-state index contributed by atoms with van der Waals surface area (Å²) < 4.78 is 40.2. The number of benzene rings is 1. The maximum absolute atomic E-state index is 13.3. The average molecular weight is 444 g/mol. The van der Waals surface area contributed by atoms with Crippen molar-refractivity contribution in [3.8, 4) is 0 Å². The van der Waals surface area contributed by atoms with Crippen molar-refractivity contribution in [1.82, 2.24) is 14.1 Å². The molecule has 1 spiro atoms. The highest BCUT2D eigenvalue weighted by Gasteiger charge is 2.52. The first-order valence-corrected chi connectivity index (χ1v) is 11.6. The highest BCUT2D eigenvalue weighted by Crippen LogP contribution is 2.46. The number of hydrogen-bond donors (Lipinski definition) is 0. The third kappa shape index (κ3) is 3.69. The Kier molecular flexibility index (Phi) is 5.43. The van der Waals surface area contributed by atoms with Gasteiger partial charge in [0, 0.05) is 32.6 Å². The van der Waals surface area contributed by atoms with Crippen LogP contribution in [0.25, 0.3) is 0 Å². The minimum Gasteiger partial charge on any atom is -0.283 e. The van der Waals surface area contributed by atoms with Crippen molar-refractivity contribution in [2.75, 3.05) is 32.8 Å². The van der Waals surface area contributed by atoms with E-state index in [4.69, 9.17) is 11.6 Å². The van der Waals surface area contributed by atoms with Gasteiger partial charge in [0.1, 0.15) is 5.82 Å². The number of carbonyl (C=O) groups excluding carboxylic acids is 2. The number of halogens is 2. The molecular formula is C19H23ClFN3O4S. The maximum atomic E-state index is 13.3. The van der Waals surface area contributed by atoms with Gasteiger partial charge in [-0.25, -0.2) is 12.8 Å². The molecule has 158 valence electrons. The van der Waals surface area contributed by atoms with E-state index in [1.165, 1.54) is 15.3 Å². The predicted molar refractivity (Wildman–Crippen MR) is 104 cm³/mol. The molecule has 2 heterocycles. The molecule has 0 atom stereocenters. The van der Waals surface area contributed by atoms with Crippen molar-refractivity contribution in [3.63, 3.8) is 0 Å². The van der Waals surface area contributed by atoms with Crippen LogP contribution < -0.4 is 0 Å². The Morgan fingerprint density at radius 3 is 2.34 bits per heavy atom. The number of piperazine rings is 1. The third-order valence-corrected chi connectivity index (χ3v) is 8.44. The zero-order chi connectivity index (χ0) is 20.8. The van der Waals surface area contributed by atoms with E-state index >= 15 is 0 Å². The Labute approximate surface area is 174 Å². The topological polar surface area (TPSA) is 78.0 Å². The van der Waals surface area contributed by atoms with Crippen LogP contribution in [-0.2, 0) is 19.6 Å². The molecule has 4 rings (SSSR count). The second-order valence-electron chi connectivity index (χ2n) is 8.03. The van der Waals surface area contributed by atoms with E-state index in [2.05, 4.69) is 0 Å². The molecule has 1 aliphatic carbocycles. The summed E-state index contributed by atoms with van der Waals surface area (Å²) in [5.41, 5.74) is -0.496. The number of imide groups is 1. The zero-order valence-electron chi connectivity index (χ0n) is 15.9. The lowest BCUT2D eigenvalue weighted by atomic mass is 9.85. The summed E-state index contributed by atoms with van der Waals surface area (Å²) in [6.45, 7) is 1.45. The Hall–Kier alpha value is -1.55. The normalized spacial score (nSPS) is 23.4. The fourth-order valence-electron chi connectivity index (χ4n) is 4.54. The number of nitrogens with zero attached hydrogens (tertiary/aromatic N) is 3. The first kappa shape index (κ1) is 20.7. The van der Waals surface area contributed by atoms with Crippen LogP contribution in [0.5, 0.6) is 0 Å². The number of sulfonamides is 1. The molecule has 1 aromatic rings. The second kappa shape index (κ2) is 7.61. The lowest BCUT2D eigenvalue weighted by Crippen LogP contribution is -2.52. The van der Waals surface area contributed by atoms with Crippen LogP contribution in [0, 0.1) is 11.2 Å². The van der Waals surface area contributed by atoms with Gasteiger partial charge in [-0.1, -0.05) is 24.4 Å². The van der Waals surface area contributed by atoms with Crippen molar-refractivity contribution in [2.45, 2.75) is 37.0 Å². The van der Waals surface area contributed by atoms with Crippen LogP contribution in [0.15, 0.2) is 23.1 Å². The molecule has 10 heteroatoms. The van der Waals surface area contributed by atoms with Gasteiger partial charge in [-0.3, -0.25) is 19.4 Å². The Balaban J connectivity index is 1.39. The van der Waals surface area contributed by atoms with Gasteiger partial charge in [0.2, 0.25) is 21.8 Å². The lowest BCUT2D eigenvalue weighted by molar-refractivity contribution is -0.144. The van der Waals surface area contributed by atoms with E-state index in [1.54, 1.807) is 0 Å². The zero-order valence-corrected chi connectivity index (χ0v) is 17.5. The van der Waals surface area contributed by atoms with Crippen molar-refractivity contribution >= 4 is 33.4 Å². The molecule has 1 aromatic carbocycles. The molecule has 29 heavy (non-hydrogen) atoms. The van der Waals surface area contributed by atoms with E-state index in [0.717, 1.165) is 37.8 Å². The highest BCUT2D eigenvalue weighted by atomic mass is 35.5. The van der Waals surface area contributed by atoms with Gasteiger partial charge in [-0.05, 0) is 31.0 Å². The molecule has 0 aromatic heterocycles. The number of amides is 2. The lowest BCUT2D eigenvalue weighted by Gasteiger charge is -2.35. The molecule has 1 saturated carbocycles. The SMILES string of the molecule is O=C1CC2(CCCC2)C(=O)N1CN1CCN(S(=O)(=O)c2ccc(F)c(Cl)c2)CC1. The summed E-state index contributed by atoms with van der Waals surface area (Å²) in [4.78, 5) is 28.4. The molecule has 7 nitrogen and oxygen atoms in total. The van der Waals surface area contributed by atoms with Crippen LogP contribution in [0.4, 0.5) is 4.39 Å². The van der Waals surface area contributed by atoms with Crippen LogP contribution in [0.1, 0.15) is 32.1 Å². The number of carbonyl (C=O) groups is 2. The molecule has 0 N–H and O–H groups in total. The summed E-state index contributed by atoms with van der Waals surface area (Å²) in [7, 11) is -3.78. The van der Waals surface area contributed by atoms with Gasteiger partial charge in [0.05, 0.1) is 22.0 Å². The summed E-state index contributed by atoms with van der Waals surface area (Å²) in [5.74, 6) is -0.876. The van der Waals surface area contributed by atoms with E-state index < -0.39 is 21.3 Å². The molecule has 0 bridgehead atoms. The minimum absolute atomic E-state index is 0.0505. The number of hydrogen-bond acceptors (Lipinski definition) is 5. The quantitative estimate of drug-likeness (QED) is 0.666. The van der Waals surface area contributed by atoms with E-state index in [9.17, 15) is 22.4 Å². The van der Waals surface area contributed by atoms with Crippen molar-refractivity contribution in [3.05, 3.63) is 29.0 Å². The standard InChI is InChI=1S/C19H23ClFN3O4S/c20-15-11-14(3-4-16(15)21)29(27,28)23-9-7-22(8-10-23)13-24-17(25)12-19(18(24)26)5-1-2-6-19/h3-4,11H,1-2,5-10,12-13H2. The smallest absolute Gasteiger partial charge is 0.243 e. The van der Waals surface area contributed by atoms with Crippen LogP contribution in [0.2, 0.25) is 5.02 Å². The molecule has 3 aliphatic rings. The minimum atomic E-state index is -3.78. The van der Waals surface area contributed by atoms with Crippen LogP contribution in [-0.4, -0.2) is 67.2 Å². The van der Waals surface area contributed by atoms with E-state index in [1.807, 2.05) is 4.90 Å². The highest BCUT2D eigenvalue weighted by molar-refractivity contribution is 7.89. The van der Waals surface area contributed by atoms with Gasteiger partial charge in [-0.2, -0.15) is 4.31 Å². The average Bonchev–Trinajstić information content (AvgIpc) is 3.25. The van der Waals surface area contributed by atoms with Gasteiger partial charge in [0.15, 0.2) is 0 Å². The molecule has 0 radical (unpaired) electrons. The van der Waals surface area contributed by atoms with Gasteiger partial charge < -0.3 is 0 Å². The molecule has 3 fully saturated rings. The van der Waals surface area contributed by atoms with Crippen molar-refractivity contribution in [1.29, 1.82) is 0 Å². The third-order valence-electron chi connectivity index (χ3n) is 6.25. The molecule has 2 amide bonds. The monoisotopic (exact) mass is 443 g/mol. The largest absolute Gasteiger partial charge is 0.283 e. The predicted octanol–water partition coefficient (Wildman–Crippen LogP) is 2.06. The second-order valence-corrected chi connectivity index (χ2v) is 10.4. The van der Waals surface area contributed by atoms with Crippen LogP contribution >= 0.6 is 11.6 Å². The fraction of sp³-hybridized carbons (Fsp3) is 0.579. The number of rotatable bonds is 4. The van der Waals surface area contributed by atoms with Crippen molar-refractivity contribution in [2.24, 2.45) is 5.41 Å². The van der Waals surface area contributed by atoms with Crippen LogP contribution in [0.3, 0.4) is 0 Å². The summed E-state index contributed by atoms with van der Waals surface area (Å²) in [6.07, 6.45) is 3.82. The summed E-state index contributed by atoms with van der Waals surface area (Å²) in [5, 5.41) is -0.239. The summed E-state index contributed by atoms with van der Waals surface area (Å²) >= 11 is 5.72. The molecule has 2 aliphatic heterocycles. The fourth-order valence-corrected chi connectivity index (χ4v) is 6.24. The van der Waals surface area contributed by atoms with E-state index in [0.29, 0.717) is 19.5 Å². The van der Waals surface area contributed by atoms with E-state index in [-0.39, 0.29) is 41.5 Å².